The minimum atomic E-state index is -1.65. The molecule has 3 aromatic rings. The number of anilines is 1. The number of hydrazine groups is 1. The molecule has 0 saturated heterocycles. The molecule has 0 radical (unpaired) electrons. The Kier molecular flexibility index (Phi) is 13.3. The van der Waals surface area contributed by atoms with Crippen molar-refractivity contribution in [3.63, 3.8) is 0 Å². The Morgan fingerprint density at radius 2 is 1.84 bits per heavy atom. The van der Waals surface area contributed by atoms with Gasteiger partial charge >= 0.3 is 7.12 Å². The van der Waals surface area contributed by atoms with Gasteiger partial charge in [0.05, 0.1) is 11.2 Å². The number of nitrogens with one attached hydrogen (secondary N) is 2. The van der Waals surface area contributed by atoms with E-state index in [9.17, 15) is 24.4 Å². The van der Waals surface area contributed by atoms with Gasteiger partial charge in [0.25, 0.3) is 5.91 Å². The molecular formula is C31H43BN8O5. The number of nitrogens with two attached hydrogens (primary N) is 3. The zero-order valence-corrected chi connectivity index (χ0v) is 25.7. The molecule has 3 amide bonds. The number of rotatable bonds is 12. The van der Waals surface area contributed by atoms with Crippen LogP contribution in [0.3, 0.4) is 0 Å². The largest absolute Gasteiger partial charge is 0.488 e. The number of primary amides is 1. The first-order chi connectivity index (χ1) is 21.5. The molecule has 0 spiro atoms. The normalized spacial score (nSPS) is 14.3. The van der Waals surface area contributed by atoms with Crippen LogP contribution in [-0.2, 0) is 16.1 Å². The molecule has 2 unspecified atom stereocenters. The van der Waals surface area contributed by atoms with Crippen LogP contribution in [0.4, 0.5) is 5.69 Å². The molecule has 2 atom stereocenters. The summed E-state index contributed by atoms with van der Waals surface area (Å²) in [6, 6.07) is 15.3. The molecule has 240 valence electrons. The van der Waals surface area contributed by atoms with Crippen LogP contribution in [0.15, 0.2) is 59.7 Å². The van der Waals surface area contributed by atoms with Gasteiger partial charge in [0.15, 0.2) is 0 Å². The second-order valence-electron chi connectivity index (χ2n) is 11.3. The monoisotopic (exact) mass is 618 g/mol. The molecule has 13 nitrogen and oxygen atoms in total. The molecular weight excluding hydrogens is 575 g/mol. The highest BCUT2D eigenvalue weighted by atomic mass is 16.4. The molecule has 0 aliphatic heterocycles. The molecule has 10 N–H and O–H groups in total. The Morgan fingerprint density at radius 3 is 2.49 bits per heavy atom. The number of hydrogen-bond donors (Lipinski definition) is 7. The predicted octanol–water partition coefficient (Wildman–Crippen LogP) is 1.01. The third-order valence-corrected chi connectivity index (χ3v) is 7.80. The number of carbonyl (C=O) groups excluding carboxylic acids is 3. The number of pyridine rings is 1. The van der Waals surface area contributed by atoms with Crippen molar-refractivity contribution in [1.82, 2.24) is 15.6 Å². The van der Waals surface area contributed by atoms with Crippen molar-refractivity contribution < 1.29 is 24.4 Å². The Bertz CT molecular complexity index is 1480. The second-order valence-corrected chi connectivity index (χ2v) is 11.3. The lowest BCUT2D eigenvalue weighted by molar-refractivity contribution is -0.122. The van der Waals surface area contributed by atoms with Crippen LogP contribution in [0, 0.1) is 11.8 Å². The predicted molar refractivity (Wildman–Crippen MR) is 176 cm³/mol. The zero-order valence-electron chi connectivity index (χ0n) is 25.7. The van der Waals surface area contributed by atoms with Crippen LogP contribution in [0.25, 0.3) is 10.9 Å². The number of carbonyl (C=O) groups is 3. The maximum atomic E-state index is 12.4. The van der Waals surface area contributed by atoms with Gasteiger partial charge in [-0.2, -0.15) is 5.10 Å². The summed E-state index contributed by atoms with van der Waals surface area (Å²) in [4.78, 5) is 40.2. The lowest BCUT2D eigenvalue weighted by Crippen LogP contribution is -2.48. The van der Waals surface area contributed by atoms with Gasteiger partial charge in [-0.25, -0.2) is 10.8 Å². The van der Waals surface area contributed by atoms with Gasteiger partial charge in [0.2, 0.25) is 11.8 Å². The van der Waals surface area contributed by atoms with E-state index < -0.39 is 19.1 Å². The minimum Gasteiger partial charge on any atom is -0.423 e. The molecule has 1 aromatic heterocycles. The maximum absolute atomic E-state index is 12.4. The van der Waals surface area contributed by atoms with Crippen LogP contribution in [-0.4, -0.2) is 52.3 Å². The van der Waals surface area contributed by atoms with Crippen molar-refractivity contribution in [2.24, 2.45) is 34.4 Å². The van der Waals surface area contributed by atoms with Crippen molar-refractivity contribution in [3.8, 4) is 0 Å². The minimum absolute atomic E-state index is 0.0519. The fraction of sp³-hybridized carbons (Fsp3) is 0.387. The summed E-state index contributed by atoms with van der Waals surface area (Å²) >= 11 is 0. The molecule has 1 aliphatic carbocycles. The molecule has 14 heteroatoms. The van der Waals surface area contributed by atoms with Gasteiger partial charge in [0, 0.05) is 18.4 Å². The molecule has 1 saturated carbocycles. The Morgan fingerprint density at radius 1 is 1.13 bits per heavy atom. The second kappa shape index (κ2) is 17.1. The average molecular weight is 619 g/mol. The fourth-order valence-electron chi connectivity index (χ4n) is 5.09. The average Bonchev–Trinajstić information content (AvgIpc) is 3.57. The van der Waals surface area contributed by atoms with Crippen molar-refractivity contribution >= 4 is 53.2 Å². The summed E-state index contributed by atoms with van der Waals surface area (Å²) in [5.74, 6) is 10.4. The van der Waals surface area contributed by atoms with Crippen LogP contribution in [0.2, 0.25) is 0 Å². The van der Waals surface area contributed by atoms with Crippen molar-refractivity contribution in [3.05, 3.63) is 65.9 Å². The summed E-state index contributed by atoms with van der Waals surface area (Å²) < 4.78 is 0. The van der Waals surface area contributed by atoms with Crippen LogP contribution in [0.5, 0.6) is 0 Å². The van der Waals surface area contributed by atoms with Crippen molar-refractivity contribution in [1.29, 1.82) is 0 Å². The number of amides is 3. The van der Waals surface area contributed by atoms with E-state index in [0.29, 0.717) is 29.3 Å². The summed E-state index contributed by atoms with van der Waals surface area (Å²) in [7, 11) is -1.65. The summed E-state index contributed by atoms with van der Waals surface area (Å²) in [6.07, 6.45) is 6.60. The smallest absolute Gasteiger partial charge is 0.423 e. The summed E-state index contributed by atoms with van der Waals surface area (Å²) in [5.41, 5.74) is 7.94. The molecule has 4 rings (SSSR count). The van der Waals surface area contributed by atoms with Gasteiger partial charge in [-0.15, -0.1) is 0 Å². The van der Waals surface area contributed by atoms with E-state index in [1.165, 1.54) is 12.4 Å². The van der Waals surface area contributed by atoms with Crippen molar-refractivity contribution in [2.75, 3.05) is 5.01 Å². The van der Waals surface area contributed by atoms with Gasteiger partial charge in [-0.05, 0) is 60.0 Å². The Labute approximate surface area is 263 Å². The molecule has 0 bridgehead atoms. The molecule has 1 aliphatic rings. The number of benzene rings is 2. The fourth-order valence-corrected chi connectivity index (χ4v) is 5.09. The first-order valence-electron chi connectivity index (χ1n) is 15.0. The number of hydrazone groups is 1. The first-order valence-corrected chi connectivity index (χ1v) is 15.0. The van der Waals surface area contributed by atoms with E-state index in [0.717, 1.165) is 48.0 Å². The van der Waals surface area contributed by atoms with Gasteiger partial charge in [0.1, 0.15) is 18.1 Å². The van der Waals surface area contributed by atoms with Crippen LogP contribution >= 0.6 is 0 Å². The highest BCUT2D eigenvalue weighted by molar-refractivity contribution is 6.58. The highest BCUT2D eigenvalue weighted by Gasteiger charge is 2.31. The number of hydrogen-bond acceptors (Lipinski definition) is 9. The maximum Gasteiger partial charge on any atom is 0.488 e. The topological polar surface area (TPSA) is 222 Å². The van der Waals surface area contributed by atoms with Crippen LogP contribution in [0.1, 0.15) is 68.4 Å². The summed E-state index contributed by atoms with van der Waals surface area (Å²) in [6.45, 7) is 4.31. The molecule has 1 heterocycles. The third kappa shape index (κ3) is 10.6. The summed E-state index contributed by atoms with van der Waals surface area (Å²) in [5, 5.41) is 29.7. The lowest BCUT2D eigenvalue weighted by atomic mass is 9.79. The quantitative estimate of drug-likeness (QED) is 0.0505. The van der Waals surface area contributed by atoms with E-state index in [2.05, 4.69) is 20.7 Å². The lowest BCUT2D eigenvalue weighted by Gasteiger charge is -2.21. The van der Waals surface area contributed by atoms with Crippen LogP contribution < -0.4 is 38.5 Å². The first kappa shape index (κ1) is 35.0. The number of nitrogens with zero attached hydrogens (tertiary/aromatic N) is 3. The van der Waals surface area contributed by atoms with E-state index in [-0.39, 0.29) is 29.7 Å². The number of para-hydroxylation sites is 1. The van der Waals surface area contributed by atoms with E-state index in [1.54, 1.807) is 18.2 Å². The molecule has 45 heavy (non-hydrogen) atoms. The Balaban J connectivity index is 0.000000245. The van der Waals surface area contributed by atoms with Gasteiger partial charge < -0.3 is 32.3 Å². The standard InChI is InChI=1S/C17H19N3O2.C14H24BN5O3/c18-16(21)15(12-6-1-2-7-12)20-17(22)14-10-9-11-5-3-4-8-13(11)19-14;1-3-10(2)4-14(21)18-8-11-5-12(15(22)23)7-13(6-11)20(17)9-19-16/h3-5,8-10,12,15H,1-2,6-7H2,(H2,18,21)(H,20,22);5-7,9-10,22-23H,3-4,8,16-17H2,1-2H3,(H,18,21)/b;19-9-. The Hall–Kier alpha value is -4.53. The van der Waals surface area contributed by atoms with Crippen molar-refractivity contribution in [2.45, 2.75) is 65.0 Å². The molecule has 1 fully saturated rings. The SMILES string of the molecule is CCC(C)CC(=O)NCc1cc(B(O)O)cc(N(N)/C=N\N)c1.NC(=O)C(NC(=O)c1ccc2ccccc2n1)C1CCCC1. The molecule has 2 aromatic carbocycles. The van der Waals surface area contributed by atoms with Gasteiger partial charge in [-0.1, -0.05) is 63.4 Å². The van der Waals surface area contributed by atoms with E-state index in [4.69, 9.17) is 17.4 Å². The van der Waals surface area contributed by atoms with Gasteiger partial charge in [-0.3, -0.25) is 19.4 Å². The zero-order chi connectivity index (χ0) is 32.9. The van der Waals surface area contributed by atoms with E-state index >= 15 is 0 Å². The third-order valence-electron chi connectivity index (χ3n) is 7.80. The number of fused-ring (bicyclic) bond motifs is 1. The number of aromatic nitrogens is 1. The van der Waals surface area contributed by atoms with E-state index in [1.807, 2.05) is 44.2 Å². The highest BCUT2D eigenvalue weighted by Crippen LogP contribution is 2.28.